The van der Waals surface area contributed by atoms with Crippen LogP contribution in [0.3, 0.4) is 0 Å². The molecule has 4 nitrogen and oxygen atoms in total. The van der Waals surface area contributed by atoms with Crippen LogP contribution in [0.2, 0.25) is 0 Å². The van der Waals surface area contributed by atoms with Gasteiger partial charge in [0, 0.05) is 19.6 Å². The summed E-state index contributed by atoms with van der Waals surface area (Å²) in [6.07, 6.45) is 4.12. The SMILES string of the molecule is CNc1ccccc1S(=O)(=O)N1CCCCCC1C. The minimum Gasteiger partial charge on any atom is -0.387 e. The lowest BCUT2D eigenvalue weighted by Gasteiger charge is -2.27. The molecule has 0 spiro atoms. The summed E-state index contributed by atoms with van der Waals surface area (Å²) in [5.41, 5.74) is 0.666. The van der Waals surface area contributed by atoms with Gasteiger partial charge in [-0.05, 0) is 31.9 Å². The second-order valence-electron chi connectivity index (χ2n) is 5.06. The summed E-state index contributed by atoms with van der Waals surface area (Å²) in [6.45, 7) is 2.63. The molecule has 0 aromatic heterocycles. The van der Waals surface area contributed by atoms with Crippen LogP contribution in [-0.4, -0.2) is 32.4 Å². The minimum absolute atomic E-state index is 0.0809. The molecule has 1 aliphatic rings. The lowest BCUT2D eigenvalue weighted by molar-refractivity contribution is 0.342. The first-order valence-corrected chi connectivity index (χ1v) is 8.30. The molecule has 0 radical (unpaired) electrons. The van der Waals surface area contributed by atoms with Crippen molar-refractivity contribution in [1.29, 1.82) is 0 Å². The van der Waals surface area contributed by atoms with E-state index in [0.717, 1.165) is 25.7 Å². The van der Waals surface area contributed by atoms with Gasteiger partial charge < -0.3 is 5.32 Å². The van der Waals surface area contributed by atoms with Crippen molar-refractivity contribution in [1.82, 2.24) is 4.31 Å². The second kappa shape index (κ2) is 5.92. The molecule has 1 unspecified atom stereocenters. The van der Waals surface area contributed by atoms with Gasteiger partial charge in [0.2, 0.25) is 10.0 Å². The van der Waals surface area contributed by atoms with E-state index in [2.05, 4.69) is 5.32 Å². The van der Waals surface area contributed by atoms with Gasteiger partial charge in [0.25, 0.3) is 0 Å². The van der Waals surface area contributed by atoms with Gasteiger partial charge in [-0.3, -0.25) is 0 Å². The normalized spacial score (nSPS) is 21.9. The molecule has 1 saturated heterocycles. The van der Waals surface area contributed by atoms with Crippen molar-refractivity contribution in [2.45, 2.75) is 43.5 Å². The molecular weight excluding hydrogens is 260 g/mol. The van der Waals surface area contributed by atoms with Crippen molar-refractivity contribution in [3.8, 4) is 0 Å². The molecule has 5 heteroatoms. The van der Waals surface area contributed by atoms with Crippen molar-refractivity contribution in [2.75, 3.05) is 18.9 Å². The largest absolute Gasteiger partial charge is 0.387 e. The maximum absolute atomic E-state index is 12.8. The Kier molecular flexibility index (Phi) is 4.47. The average Bonchev–Trinajstić information content (AvgIpc) is 2.63. The number of nitrogens with one attached hydrogen (secondary N) is 1. The highest BCUT2D eigenvalue weighted by Gasteiger charge is 2.31. The molecule has 1 atom stereocenters. The maximum Gasteiger partial charge on any atom is 0.245 e. The van der Waals surface area contributed by atoms with E-state index in [1.807, 2.05) is 13.0 Å². The highest BCUT2D eigenvalue weighted by atomic mass is 32.2. The zero-order valence-electron chi connectivity index (χ0n) is 11.6. The Hall–Kier alpha value is -1.07. The smallest absolute Gasteiger partial charge is 0.245 e. The molecule has 0 amide bonds. The number of hydrogen-bond acceptors (Lipinski definition) is 3. The number of rotatable bonds is 3. The zero-order chi connectivity index (χ0) is 13.9. The average molecular weight is 282 g/mol. The fraction of sp³-hybridized carbons (Fsp3) is 0.571. The van der Waals surface area contributed by atoms with Gasteiger partial charge in [-0.15, -0.1) is 0 Å². The predicted molar refractivity (Wildman–Crippen MR) is 77.8 cm³/mol. The first kappa shape index (κ1) is 14.3. The van der Waals surface area contributed by atoms with Crippen LogP contribution in [0.15, 0.2) is 29.2 Å². The molecule has 1 aliphatic heterocycles. The number of hydrogen-bond donors (Lipinski definition) is 1. The third-order valence-electron chi connectivity index (χ3n) is 3.74. The van der Waals surface area contributed by atoms with E-state index < -0.39 is 10.0 Å². The second-order valence-corrected chi connectivity index (χ2v) is 6.92. The Morgan fingerprint density at radius 1 is 1.21 bits per heavy atom. The molecule has 1 aromatic rings. The Morgan fingerprint density at radius 2 is 1.95 bits per heavy atom. The zero-order valence-corrected chi connectivity index (χ0v) is 12.4. The quantitative estimate of drug-likeness (QED) is 0.927. The molecule has 0 bridgehead atoms. The van der Waals surface area contributed by atoms with Crippen LogP contribution in [0.25, 0.3) is 0 Å². The van der Waals surface area contributed by atoms with E-state index in [9.17, 15) is 8.42 Å². The Morgan fingerprint density at radius 3 is 2.68 bits per heavy atom. The molecule has 106 valence electrons. The van der Waals surface area contributed by atoms with E-state index in [0.29, 0.717) is 17.1 Å². The number of sulfonamides is 1. The highest BCUT2D eigenvalue weighted by Crippen LogP contribution is 2.28. The van der Waals surface area contributed by atoms with Gasteiger partial charge in [0.15, 0.2) is 0 Å². The predicted octanol–water partition coefficient (Wildman–Crippen LogP) is 2.68. The standard InChI is InChI=1S/C14H22N2O2S/c1-12-8-4-3-7-11-16(12)19(17,18)14-10-6-5-9-13(14)15-2/h5-6,9-10,12,15H,3-4,7-8,11H2,1-2H3. The Labute approximate surface area is 115 Å². The maximum atomic E-state index is 12.8. The summed E-state index contributed by atoms with van der Waals surface area (Å²) in [4.78, 5) is 0.381. The lowest BCUT2D eigenvalue weighted by Crippen LogP contribution is -2.38. The molecular formula is C14H22N2O2S. The lowest BCUT2D eigenvalue weighted by atomic mass is 10.1. The van der Waals surface area contributed by atoms with E-state index >= 15 is 0 Å². The summed E-state index contributed by atoms with van der Waals surface area (Å²) < 4.78 is 27.3. The fourth-order valence-corrected chi connectivity index (χ4v) is 4.53. The van der Waals surface area contributed by atoms with Gasteiger partial charge in [0.1, 0.15) is 4.90 Å². The monoisotopic (exact) mass is 282 g/mol. The summed E-state index contributed by atoms with van der Waals surface area (Å²) >= 11 is 0. The first-order valence-electron chi connectivity index (χ1n) is 6.86. The number of nitrogens with zero attached hydrogens (tertiary/aromatic N) is 1. The van der Waals surface area contributed by atoms with Crippen LogP contribution in [-0.2, 0) is 10.0 Å². The summed E-state index contributed by atoms with van der Waals surface area (Å²) in [5, 5.41) is 2.97. The summed E-state index contributed by atoms with van der Waals surface area (Å²) in [6, 6.07) is 7.18. The fourth-order valence-electron chi connectivity index (χ4n) is 2.63. The number of para-hydroxylation sites is 1. The van der Waals surface area contributed by atoms with Crippen molar-refractivity contribution in [3.05, 3.63) is 24.3 Å². The van der Waals surface area contributed by atoms with E-state index in [4.69, 9.17) is 0 Å². The number of benzene rings is 1. The highest BCUT2D eigenvalue weighted by molar-refractivity contribution is 7.89. The van der Waals surface area contributed by atoms with Crippen LogP contribution in [0.5, 0.6) is 0 Å². The Bertz CT molecular complexity index is 528. The van der Waals surface area contributed by atoms with Crippen molar-refractivity contribution in [2.24, 2.45) is 0 Å². The minimum atomic E-state index is -3.41. The van der Waals surface area contributed by atoms with Gasteiger partial charge in [0.05, 0.1) is 5.69 Å². The molecule has 1 N–H and O–H groups in total. The van der Waals surface area contributed by atoms with Gasteiger partial charge >= 0.3 is 0 Å². The molecule has 1 heterocycles. The van der Waals surface area contributed by atoms with Crippen molar-refractivity contribution in [3.63, 3.8) is 0 Å². The van der Waals surface area contributed by atoms with Gasteiger partial charge in [-0.2, -0.15) is 4.31 Å². The molecule has 1 fully saturated rings. The molecule has 1 aromatic carbocycles. The third kappa shape index (κ3) is 2.92. The van der Waals surface area contributed by atoms with Crippen LogP contribution in [0.4, 0.5) is 5.69 Å². The topological polar surface area (TPSA) is 49.4 Å². The van der Waals surface area contributed by atoms with Crippen molar-refractivity contribution >= 4 is 15.7 Å². The van der Waals surface area contributed by atoms with E-state index in [1.165, 1.54) is 0 Å². The summed E-state index contributed by atoms with van der Waals surface area (Å²) in [7, 11) is -1.66. The summed E-state index contributed by atoms with van der Waals surface area (Å²) in [5.74, 6) is 0. The van der Waals surface area contributed by atoms with Gasteiger partial charge in [-0.25, -0.2) is 8.42 Å². The third-order valence-corrected chi connectivity index (χ3v) is 5.81. The van der Waals surface area contributed by atoms with Crippen molar-refractivity contribution < 1.29 is 8.42 Å². The van der Waals surface area contributed by atoms with Crippen LogP contribution >= 0.6 is 0 Å². The van der Waals surface area contributed by atoms with Gasteiger partial charge in [-0.1, -0.05) is 25.0 Å². The molecule has 2 rings (SSSR count). The van der Waals surface area contributed by atoms with Crippen LogP contribution in [0, 0.1) is 0 Å². The van der Waals surface area contributed by atoms with Crippen LogP contribution < -0.4 is 5.32 Å². The molecule has 0 saturated carbocycles. The van der Waals surface area contributed by atoms with E-state index in [1.54, 1.807) is 29.6 Å². The van der Waals surface area contributed by atoms with E-state index in [-0.39, 0.29) is 6.04 Å². The Balaban J connectivity index is 2.40. The molecule has 19 heavy (non-hydrogen) atoms. The first-order chi connectivity index (χ1) is 9.07. The number of anilines is 1. The van der Waals surface area contributed by atoms with Crippen LogP contribution in [0.1, 0.15) is 32.6 Å². The molecule has 0 aliphatic carbocycles.